The number of carbonyl (C=O) groups is 1. The van der Waals surface area contributed by atoms with Crippen molar-refractivity contribution in [3.63, 3.8) is 0 Å². The molecule has 1 unspecified atom stereocenters. The average molecular weight is 542 g/mol. The molecule has 0 aliphatic carbocycles. The van der Waals surface area contributed by atoms with Crippen molar-refractivity contribution in [3.8, 4) is 5.75 Å². The lowest BCUT2D eigenvalue weighted by molar-refractivity contribution is -0.148. The monoisotopic (exact) mass is 542 g/mol. The third-order valence-electron chi connectivity index (χ3n) is 2.88. The van der Waals surface area contributed by atoms with Gasteiger partial charge in [-0.2, -0.15) is 0 Å². The maximum atomic E-state index is 11.5. The molecule has 3 nitrogen and oxygen atoms in total. The van der Waals surface area contributed by atoms with Crippen molar-refractivity contribution in [1.29, 1.82) is 0 Å². The molecule has 0 aliphatic rings. The first-order valence-corrected chi connectivity index (χ1v) is 9.92. The van der Waals surface area contributed by atoms with Crippen molar-refractivity contribution in [2.24, 2.45) is 0 Å². The van der Waals surface area contributed by atoms with E-state index in [1.54, 1.807) is 0 Å². The molecule has 0 saturated carbocycles. The van der Waals surface area contributed by atoms with Gasteiger partial charge < -0.3 is 9.47 Å². The molecule has 0 amide bonds. The summed E-state index contributed by atoms with van der Waals surface area (Å²) in [4.78, 5) is 11.5. The van der Waals surface area contributed by atoms with Crippen molar-refractivity contribution in [3.05, 3.63) is 39.5 Å². The first-order valence-electron chi connectivity index (χ1n) is 7.60. The Labute approximate surface area is 166 Å². The van der Waals surface area contributed by atoms with Crippen LogP contribution < -0.4 is 4.74 Å². The Balaban J connectivity index is 2.27. The zero-order valence-electron chi connectivity index (χ0n) is 14.1. The van der Waals surface area contributed by atoms with Gasteiger partial charge in [0.1, 0.15) is 11.4 Å². The second-order valence-electron chi connectivity index (χ2n) is 6.33. The van der Waals surface area contributed by atoms with Crippen LogP contribution in [0.1, 0.15) is 39.2 Å². The first kappa shape index (κ1) is 20.7. The number of alkyl halides is 1. The van der Waals surface area contributed by atoms with Gasteiger partial charge in [0.15, 0.2) is 0 Å². The SMILES string of the molecule is Cc1ccc(OCC(I)CC/C=C/C(=O)OC(C)(C)C)cc1I. The molecular formula is C18H24I2O3. The van der Waals surface area contributed by atoms with Crippen molar-refractivity contribution < 1.29 is 14.3 Å². The first-order chi connectivity index (χ1) is 10.7. The highest BCUT2D eigenvalue weighted by atomic mass is 127. The Morgan fingerprint density at radius 3 is 2.65 bits per heavy atom. The minimum atomic E-state index is -0.438. The van der Waals surface area contributed by atoms with Gasteiger partial charge in [0.2, 0.25) is 0 Å². The average Bonchev–Trinajstić information content (AvgIpc) is 2.43. The Bertz CT molecular complexity index is 548. The molecule has 1 aromatic rings. The Morgan fingerprint density at radius 1 is 1.35 bits per heavy atom. The zero-order chi connectivity index (χ0) is 17.5. The summed E-state index contributed by atoms with van der Waals surface area (Å²) in [5, 5.41) is 0. The lowest BCUT2D eigenvalue weighted by Gasteiger charge is -2.17. The number of benzene rings is 1. The summed E-state index contributed by atoms with van der Waals surface area (Å²) < 4.78 is 12.6. The topological polar surface area (TPSA) is 35.5 Å². The number of halogens is 2. The van der Waals surface area contributed by atoms with Gasteiger partial charge in [-0.05, 0) is 80.8 Å². The van der Waals surface area contributed by atoms with Crippen molar-refractivity contribution in [2.75, 3.05) is 6.61 Å². The van der Waals surface area contributed by atoms with E-state index in [0.717, 1.165) is 18.6 Å². The van der Waals surface area contributed by atoms with Crippen molar-refractivity contribution >= 4 is 51.2 Å². The van der Waals surface area contributed by atoms with Crippen LogP contribution in [0.15, 0.2) is 30.4 Å². The number of hydrogen-bond donors (Lipinski definition) is 0. The summed E-state index contributed by atoms with van der Waals surface area (Å²) in [7, 11) is 0. The molecule has 0 saturated heterocycles. The Kier molecular flexibility index (Phi) is 8.89. The third kappa shape index (κ3) is 9.54. The Morgan fingerprint density at radius 2 is 2.04 bits per heavy atom. The predicted molar refractivity (Wildman–Crippen MR) is 111 cm³/mol. The Hall–Kier alpha value is -0.310. The standard InChI is InChI=1S/C18H24I2O3/c1-13-9-10-15(11-16(13)20)22-12-14(19)7-5-6-8-17(21)23-18(2,3)4/h6,8-11,14H,5,7,12H2,1-4H3/b8-6+. The molecule has 128 valence electrons. The molecule has 0 fully saturated rings. The molecule has 0 radical (unpaired) electrons. The van der Waals surface area contributed by atoms with Crippen molar-refractivity contribution in [2.45, 2.75) is 50.1 Å². The summed E-state index contributed by atoms with van der Waals surface area (Å²) in [6, 6.07) is 6.13. The van der Waals surface area contributed by atoms with E-state index in [1.165, 1.54) is 15.2 Å². The molecular weight excluding hydrogens is 518 g/mol. The fourth-order valence-corrected chi connectivity index (χ4v) is 2.75. The molecule has 5 heteroatoms. The van der Waals surface area contributed by atoms with E-state index in [0.29, 0.717) is 10.5 Å². The van der Waals surface area contributed by atoms with Gasteiger partial charge in [-0.15, -0.1) is 0 Å². The lowest BCUT2D eigenvalue weighted by atomic mass is 10.2. The van der Waals surface area contributed by atoms with Gasteiger partial charge in [0, 0.05) is 13.6 Å². The summed E-state index contributed by atoms with van der Waals surface area (Å²) >= 11 is 4.70. The second-order valence-corrected chi connectivity index (χ2v) is 9.26. The predicted octanol–water partition coefficient (Wildman–Crippen LogP) is 5.46. The van der Waals surface area contributed by atoms with E-state index < -0.39 is 5.60 Å². The van der Waals surface area contributed by atoms with Crippen LogP contribution in [-0.2, 0) is 9.53 Å². The van der Waals surface area contributed by atoms with Gasteiger partial charge in [-0.25, -0.2) is 4.79 Å². The number of esters is 1. The number of hydrogen-bond acceptors (Lipinski definition) is 3. The minimum absolute atomic E-state index is 0.284. The second kappa shape index (κ2) is 9.86. The van der Waals surface area contributed by atoms with E-state index >= 15 is 0 Å². The smallest absolute Gasteiger partial charge is 0.330 e. The highest BCUT2D eigenvalue weighted by molar-refractivity contribution is 14.1. The number of allylic oxidation sites excluding steroid dienone is 1. The van der Waals surface area contributed by atoms with E-state index in [-0.39, 0.29) is 5.97 Å². The van der Waals surface area contributed by atoms with E-state index in [1.807, 2.05) is 32.9 Å². The molecule has 0 aromatic heterocycles. The summed E-state index contributed by atoms with van der Waals surface area (Å²) in [5.41, 5.74) is 0.823. The van der Waals surface area contributed by atoms with Crippen LogP contribution in [0.3, 0.4) is 0 Å². The number of aryl methyl sites for hydroxylation is 1. The van der Waals surface area contributed by atoms with E-state index in [4.69, 9.17) is 9.47 Å². The van der Waals surface area contributed by atoms with Crippen LogP contribution in [0.5, 0.6) is 5.75 Å². The van der Waals surface area contributed by atoms with E-state index in [2.05, 4.69) is 64.2 Å². The third-order valence-corrected chi connectivity index (χ3v) is 5.03. The number of ether oxygens (including phenoxy) is 2. The molecule has 0 spiro atoms. The molecule has 1 rings (SSSR count). The lowest BCUT2D eigenvalue weighted by Crippen LogP contribution is -2.22. The van der Waals surface area contributed by atoms with Crippen molar-refractivity contribution in [1.82, 2.24) is 0 Å². The van der Waals surface area contributed by atoms with Gasteiger partial charge in [0.25, 0.3) is 0 Å². The summed E-state index contributed by atoms with van der Waals surface area (Å²) in [6.07, 6.45) is 5.18. The molecule has 0 heterocycles. The fraction of sp³-hybridized carbons (Fsp3) is 0.500. The normalized spacial score (nSPS) is 13.1. The molecule has 0 aliphatic heterocycles. The number of carbonyl (C=O) groups excluding carboxylic acids is 1. The van der Waals surface area contributed by atoms with Gasteiger partial charge in [0.05, 0.1) is 6.61 Å². The highest BCUT2D eigenvalue weighted by Gasteiger charge is 2.13. The fourth-order valence-electron chi connectivity index (χ4n) is 1.73. The van der Waals surface area contributed by atoms with E-state index in [9.17, 15) is 4.79 Å². The van der Waals surface area contributed by atoms with Gasteiger partial charge >= 0.3 is 5.97 Å². The molecule has 23 heavy (non-hydrogen) atoms. The summed E-state index contributed by atoms with van der Waals surface area (Å²) in [5.74, 6) is 0.624. The minimum Gasteiger partial charge on any atom is -0.492 e. The largest absolute Gasteiger partial charge is 0.492 e. The number of rotatable bonds is 7. The maximum absolute atomic E-state index is 11.5. The van der Waals surface area contributed by atoms with Crippen LogP contribution in [-0.4, -0.2) is 22.1 Å². The van der Waals surface area contributed by atoms with Crippen LogP contribution in [0.25, 0.3) is 0 Å². The van der Waals surface area contributed by atoms with Crippen LogP contribution >= 0.6 is 45.2 Å². The molecule has 0 N–H and O–H groups in total. The summed E-state index contributed by atoms with van der Waals surface area (Å²) in [6.45, 7) is 8.35. The zero-order valence-corrected chi connectivity index (χ0v) is 18.4. The van der Waals surface area contributed by atoms with Crippen LogP contribution in [0, 0.1) is 10.5 Å². The highest BCUT2D eigenvalue weighted by Crippen LogP contribution is 2.20. The van der Waals surface area contributed by atoms with Crippen LogP contribution in [0.2, 0.25) is 0 Å². The molecule has 1 atom stereocenters. The quantitative estimate of drug-likeness (QED) is 0.199. The molecule has 1 aromatic carbocycles. The van der Waals surface area contributed by atoms with Gasteiger partial charge in [-0.1, -0.05) is 34.7 Å². The molecule has 0 bridgehead atoms. The maximum Gasteiger partial charge on any atom is 0.330 e. The van der Waals surface area contributed by atoms with Crippen LogP contribution in [0.4, 0.5) is 0 Å². The van der Waals surface area contributed by atoms with Gasteiger partial charge in [-0.3, -0.25) is 0 Å².